The van der Waals surface area contributed by atoms with Gasteiger partial charge in [-0.15, -0.1) is 0 Å². The van der Waals surface area contributed by atoms with Gasteiger partial charge in [0.25, 0.3) is 5.91 Å². The second-order valence-corrected chi connectivity index (χ2v) is 4.83. The molecule has 0 aliphatic carbocycles. The maximum Gasteiger partial charge on any atom is 0.259 e. The lowest BCUT2D eigenvalue weighted by Crippen LogP contribution is -2.12. The summed E-state index contributed by atoms with van der Waals surface area (Å²) in [4.78, 5) is 12.0. The number of amides is 1. The number of anilines is 1. The minimum atomic E-state index is -0.518. The van der Waals surface area contributed by atoms with E-state index in [2.05, 4.69) is 21.2 Å². The summed E-state index contributed by atoms with van der Waals surface area (Å²) in [5.74, 6) is -0.662. The second kappa shape index (κ2) is 5.83. The molecule has 104 valence electrons. The Balaban J connectivity index is 2.24. The number of carbonyl (C=O) groups is 1. The first-order chi connectivity index (χ1) is 9.52. The van der Waals surface area contributed by atoms with E-state index in [-0.39, 0.29) is 11.3 Å². The Labute approximate surface area is 123 Å². The van der Waals surface area contributed by atoms with Gasteiger partial charge < -0.3 is 20.3 Å². The van der Waals surface area contributed by atoms with Crippen molar-refractivity contribution in [2.24, 2.45) is 0 Å². The third-order valence-electron chi connectivity index (χ3n) is 2.67. The zero-order valence-corrected chi connectivity index (χ0v) is 12.1. The van der Waals surface area contributed by atoms with Gasteiger partial charge in [0.15, 0.2) is 11.5 Å². The van der Waals surface area contributed by atoms with E-state index in [1.165, 1.54) is 18.2 Å². The van der Waals surface area contributed by atoms with Crippen LogP contribution in [0.2, 0.25) is 0 Å². The number of benzene rings is 2. The lowest BCUT2D eigenvalue weighted by molar-refractivity contribution is 0.102. The molecule has 0 atom stereocenters. The van der Waals surface area contributed by atoms with Crippen LogP contribution in [0.5, 0.6) is 17.2 Å². The molecule has 2 aromatic carbocycles. The number of methoxy groups -OCH3 is 1. The van der Waals surface area contributed by atoms with Crippen molar-refractivity contribution in [2.75, 3.05) is 12.4 Å². The smallest absolute Gasteiger partial charge is 0.259 e. The van der Waals surface area contributed by atoms with E-state index < -0.39 is 11.7 Å². The average Bonchev–Trinajstić information content (AvgIpc) is 2.42. The van der Waals surface area contributed by atoms with Crippen molar-refractivity contribution >= 4 is 27.5 Å². The van der Waals surface area contributed by atoms with Crippen LogP contribution < -0.4 is 10.1 Å². The summed E-state index contributed by atoms with van der Waals surface area (Å²) in [7, 11) is 1.54. The molecule has 0 heterocycles. The fourth-order valence-corrected chi connectivity index (χ4v) is 2.20. The molecule has 0 radical (unpaired) electrons. The number of phenolic OH excluding ortho intramolecular Hbond substituents is 2. The molecule has 0 aliphatic heterocycles. The van der Waals surface area contributed by atoms with E-state index in [0.717, 1.165) is 0 Å². The number of aromatic hydroxyl groups is 2. The largest absolute Gasteiger partial charge is 0.504 e. The zero-order chi connectivity index (χ0) is 14.7. The van der Waals surface area contributed by atoms with Crippen LogP contribution in [-0.4, -0.2) is 23.2 Å². The molecular weight excluding hydrogens is 326 g/mol. The fraction of sp³-hybridized carbons (Fsp3) is 0.0714. The summed E-state index contributed by atoms with van der Waals surface area (Å²) in [6.45, 7) is 0. The van der Waals surface area contributed by atoms with Crippen molar-refractivity contribution in [3.05, 3.63) is 46.4 Å². The van der Waals surface area contributed by atoms with E-state index in [4.69, 9.17) is 4.74 Å². The van der Waals surface area contributed by atoms with Crippen LogP contribution in [0.4, 0.5) is 5.69 Å². The van der Waals surface area contributed by atoms with Crippen LogP contribution in [0.25, 0.3) is 0 Å². The van der Waals surface area contributed by atoms with Gasteiger partial charge in [-0.25, -0.2) is 0 Å². The SMILES string of the molecule is COc1ccc(NC(=O)c2cccc(O)c2O)cc1Br. The van der Waals surface area contributed by atoms with Crippen LogP contribution >= 0.6 is 15.9 Å². The third-order valence-corrected chi connectivity index (χ3v) is 3.29. The zero-order valence-electron chi connectivity index (χ0n) is 10.6. The lowest BCUT2D eigenvalue weighted by Gasteiger charge is -2.09. The Kier molecular flexibility index (Phi) is 4.14. The quantitative estimate of drug-likeness (QED) is 0.752. The maximum absolute atomic E-state index is 12.0. The number of nitrogens with one attached hydrogen (secondary N) is 1. The molecule has 0 aromatic heterocycles. The number of phenols is 2. The van der Waals surface area contributed by atoms with Gasteiger partial charge in [0, 0.05) is 5.69 Å². The van der Waals surface area contributed by atoms with Crippen molar-refractivity contribution in [1.82, 2.24) is 0 Å². The van der Waals surface area contributed by atoms with Crippen molar-refractivity contribution in [2.45, 2.75) is 0 Å². The van der Waals surface area contributed by atoms with Crippen LogP contribution in [0.1, 0.15) is 10.4 Å². The highest BCUT2D eigenvalue weighted by Gasteiger charge is 2.14. The molecule has 2 rings (SSSR count). The first-order valence-corrected chi connectivity index (χ1v) is 6.48. The van der Waals surface area contributed by atoms with Gasteiger partial charge in [0.2, 0.25) is 0 Å². The second-order valence-electron chi connectivity index (χ2n) is 3.98. The van der Waals surface area contributed by atoms with Crippen LogP contribution in [0.15, 0.2) is 40.9 Å². The van der Waals surface area contributed by atoms with E-state index in [1.54, 1.807) is 25.3 Å². The molecule has 0 bridgehead atoms. The number of halogens is 1. The lowest BCUT2D eigenvalue weighted by atomic mass is 10.1. The minimum absolute atomic E-state index is 0.00283. The molecule has 0 spiro atoms. The van der Waals surface area contributed by atoms with Crippen molar-refractivity contribution in [1.29, 1.82) is 0 Å². The van der Waals surface area contributed by atoms with E-state index >= 15 is 0 Å². The molecule has 3 N–H and O–H groups in total. The molecule has 20 heavy (non-hydrogen) atoms. The normalized spacial score (nSPS) is 10.1. The molecule has 0 aliphatic rings. The standard InChI is InChI=1S/C14H12BrNO4/c1-20-12-6-5-8(7-10(12)15)16-14(19)9-3-2-4-11(17)13(9)18/h2-7,17-18H,1H3,(H,16,19). The summed E-state index contributed by atoms with van der Waals surface area (Å²) in [6.07, 6.45) is 0. The Morgan fingerprint density at radius 3 is 2.65 bits per heavy atom. The molecule has 0 unspecified atom stereocenters. The number of carbonyl (C=O) groups excluding carboxylic acids is 1. The summed E-state index contributed by atoms with van der Waals surface area (Å²) < 4.78 is 5.78. The maximum atomic E-state index is 12.0. The topological polar surface area (TPSA) is 78.8 Å². The van der Waals surface area contributed by atoms with Gasteiger partial charge in [0.1, 0.15) is 5.75 Å². The highest BCUT2D eigenvalue weighted by atomic mass is 79.9. The molecule has 6 heteroatoms. The Bertz CT molecular complexity index is 658. The van der Waals surface area contributed by atoms with Crippen LogP contribution in [0, 0.1) is 0 Å². The fourth-order valence-electron chi connectivity index (χ4n) is 1.66. The van der Waals surface area contributed by atoms with Gasteiger partial charge in [-0.3, -0.25) is 4.79 Å². The Morgan fingerprint density at radius 2 is 2.00 bits per heavy atom. The van der Waals surface area contributed by atoms with Crippen molar-refractivity contribution in [3.8, 4) is 17.2 Å². The van der Waals surface area contributed by atoms with Crippen molar-refractivity contribution in [3.63, 3.8) is 0 Å². The van der Waals surface area contributed by atoms with Gasteiger partial charge in [-0.2, -0.15) is 0 Å². The van der Waals surface area contributed by atoms with Crippen LogP contribution in [-0.2, 0) is 0 Å². The predicted octanol–water partition coefficient (Wildman–Crippen LogP) is 3.12. The predicted molar refractivity (Wildman–Crippen MR) is 78.4 cm³/mol. The average molecular weight is 338 g/mol. The first-order valence-electron chi connectivity index (χ1n) is 5.68. The molecule has 0 saturated heterocycles. The molecule has 2 aromatic rings. The third kappa shape index (κ3) is 2.85. The van der Waals surface area contributed by atoms with Gasteiger partial charge in [-0.05, 0) is 46.3 Å². The Hall–Kier alpha value is -2.21. The molecule has 0 saturated carbocycles. The number of para-hydroxylation sites is 1. The van der Waals surface area contributed by atoms with E-state index in [9.17, 15) is 15.0 Å². The number of hydrogen-bond donors (Lipinski definition) is 3. The first kappa shape index (κ1) is 14.2. The van der Waals surface area contributed by atoms with Gasteiger partial charge >= 0.3 is 0 Å². The highest BCUT2D eigenvalue weighted by Crippen LogP contribution is 2.30. The van der Waals surface area contributed by atoms with Gasteiger partial charge in [-0.1, -0.05) is 6.07 Å². The monoisotopic (exact) mass is 337 g/mol. The summed E-state index contributed by atoms with van der Waals surface area (Å²) in [5.41, 5.74) is 0.530. The number of ether oxygens (including phenoxy) is 1. The summed E-state index contributed by atoms with van der Waals surface area (Å²) in [5, 5.41) is 21.6. The molecule has 1 amide bonds. The minimum Gasteiger partial charge on any atom is -0.504 e. The van der Waals surface area contributed by atoms with E-state index in [1.807, 2.05) is 0 Å². The summed E-state index contributed by atoms with van der Waals surface area (Å²) in [6, 6.07) is 9.24. The summed E-state index contributed by atoms with van der Waals surface area (Å²) >= 11 is 3.31. The van der Waals surface area contributed by atoms with Crippen molar-refractivity contribution < 1.29 is 19.7 Å². The van der Waals surface area contributed by atoms with E-state index in [0.29, 0.717) is 15.9 Å². The molecular formula is C14H12BrNO4. The number of rotatable bonds is 3. The van der Waals surface area contributed by atoms with Crippen LogP contribution in [0.3, 0.4) is 0 Å². The van der Waals surface area contributed by atoms with Gasteiger partial charge in [0.05, 0.1) is 17.1 Å². The number of hydrogen-bond acceptors (Lipinski definition) is 4. The molecule has 5 nitrogen and oxygen atoms in total. The highest BCUT2D eigenvalue weighted by molar-refractivity contribution is 9.10. The Morgan fingerprint density at radius 1 is 1.25 bits per heavy atom. The molecule has 0 fully saturated rings.